The van der Waals surface area contributed by atoms with Crippen molar-refractivity contribution in [1.29, 1.82) is 0 Å². The molecule has 2 fully saturated rings. The van der Waals surface area contributed by atoms with Crippen molar-refractivity contribution in [2.75, 3.05) is 13.1 Å². The molecule has 0 bridgehead atoms. The van der Waals surface area contributed by atoms with E-state index in [1.807, 2.05) is 11.9 Å². The molecule has 2 nitrogen and oxygen atoms in total. The van der Waals surface area contributed by atoms with E-state index in [0.29, 0.717) is 6.04 Å². The van der Waals surface area contributed by atoms with Crippen LogP contribution < -0.4 is 0 Å². The Hall–Kier alpha value is 0.330. The average Bonchev–Trinajstić information content (AvgIpc) is 2.72. The van der Waals surface area contributed by atoms with Crippen LogP contribution in [0.3, 0.4) is 0 Å². The number of rotatable bonds is 1. The van der Waals surface area contributed by atoms with Crippen LogP contribution in [0.2, 0.25) is 0 Å². The molecular weight excluding hydrogens is 236 g/mol. The molecule has 16 heavy (non-hydrogen) atoms. The standard InChI is InChI=1S/C12H20N2S2/c1-4-8-14(9-5-1)16-12-13-10-6-2-3-7-11(10)15-12/h10-11H,1-9H2. The normalized spacial score (nSPS) is 35.9. The zero-order valence-electron chi connectivity index (χ0n) is 9.73. The molecule has 4 heteroatoms. The Morgan fingerprint density at radius 2 is 1.88 bits per heavy atom. The van der Waals surface area contributed by atoms with E-state index in [1.54, 1.807) is 0 Å². The molecular formula is C12H20N2S2. The highest BCUT2D eigenvalue weighted by Crippen LogP contribution is 2.41. The zero-order valence-corrected chi connectivity index (χ0v) is 11.4. The molecule has 0 amide bonds. The number of nitrogens with zero attached hydrogens (tertiary/aromatic N) is 2. The van der Waals surface area contributed by atoms with Gasteiger partial charge < -0.3 is 0 Å². The summed E-state index contributed by atoms with van der Waals surface area (Å²) in [5.74, 6) is 0. The van der Waals surface area contributed by atoms with Crippen molar-refractivity contribution >= 4 is 28.1 Å². The van der Waals surface area contributed by atoms with E-state index >= 15 is 0 Å². The quantitative estimate of drug-likeness (QED) is 0.667. The Bertz CT molecular complexity index is 274. The van der Waals surface area contributed by atoms with E-state index in [0.717, 1.165) is 5.25 Å². The van der Waals surface area contributed by atoms with Crippen molar-refractivity contribution in [3.8, 4) is 0 Å². The average molecular weight is 256 g/mol. The van der Waals surface area contributed by atoms with E-state index in [9.17, 15) is 0 Å². The SMILES string of the molecule is C1CCN(SC2=NC3CCCCC3S2)CC1. The molecule has 2 atom stereocenters. The molecule has 3 rings (SSSR count). The Labute approximate surface area is 107 Å². The number of piperidine rings is 1. The van der Waals surface area contributed by atoms with E-state index in [-0.39, 0.29) is 0 Å². The minimum Gasteiger partial charge on any atom is -0.266 e. The second kappa shape index (κ2) is 5.32. The van der Waals surface area contributed by atoms with Gasteiger partial charge in [-0.05, 0) is 37.6 Å². The monoisotopic (exact) mass is 256 g/mol. The van der Waals surface area contributed by atoms with Crippen LogP contribution in [0.1, 0.15) is 44.9 Å². The van der Waals surface area contributed by atoms with Crippen LogP contribution in [-0.4, -0.2) is 33.1 Å². The van der Waals surface area contributed by atoms with Gasteiger partial charge in [-0.3, -0.25) is 4.99 Å². The highest BCUT2D eigenvalue weighted by Gasteiger charge is 2.33. The summed E-state index contributed by atoms with van der Waals surface area (Å²) in [4.78, 5) is 4.91. The lowest BCUT2D eigenvalue weighted by Gasteiger charge is -2.24. The fraction of sp³-hybridized carbons (Fsp3) is 0.917. The summed E-state index contributed by atoms with van der Waals surface area (Å²) in [5.41, 5.74) is 0. The number of thioether (sulfide) groups is 1. The van der Waals surface area contributed by atoms with Crippen molar-refractivity contribution < 1.29 is 0 Å². The summed E-state index contributed by atoms with van der Waals surface area (Å²) in [7, 11) is 0. The molecule has 1 saturated carbocycles. The molecule has 3 aliphatic rings. The molecule has 0 N–H and O–H groups in total. The van der Waals surface area contributed by atoms with Gasteiger partial charge in [0, 0.05) is 18.3 Å². The third-order valence-corrected chi connectivity index (χ3v) is 6.27. The second-order valence-electron chi connectivity index (χ2n) is 4.98. The fourth-order valence-electron chi connectivity index (χ4n) is 2.77. The number of hydrogen-bond acceptors (Lipinski definition) is 4. The maximum Gasteiger partial charge on any atom is 0.140 e. The molecule has 2 aliphatic heterocycles. The Balaban J connectivity index is 1.55. The van der Waals surface area contributed by atoms with Gasteiger partial charge >= 0.3 is 0 Å². The van der Waals surface area contributed by atoms with Crippen LogP contribution in [0.25, 0.3) is 0 Å². The van der Waals surface area contributed by atoms with Gasteiger partial charge in [0.25, 0.3) is 0 Å². The Morgan fingerprint density at radius 1 is 1.06 bits per heavy atom. The topological polar surface area (TPSA) is 15.6 Å². The van der Waals surface area contributed by atoms with Crippen LogP contribution >= 0.6 is 23.7 Å². The first-order valence-corrected chi connectivity index (χ1v) is 8.24. The number of hydrogen-bond donors (Lipinski definition) is 0. The van der Waals surface area contributed by atoms with Crippen molar-refractivity contribution in [3.05, 3.63) is 0 Å². The molecule has 1 aliphatic carbocycles. The summed E-state index contributed by atoms with van der Waals surface area (Å²) >= 11 is 4.00. The smallest absolute Gasteiger partial charge is 0.140 e. The summed E-state index contributed by atoms with van der Waals surface area (Å²) in [6.07, 6.45) is 9.71. The summed E-state index contributed by atoms with van der Waals surface area (Å²) in [6.45, 7) is 2.53. The molecule has 2 unspecified atom stereocenters. The fourth-order valence-corrected chi connectivity index (χ4v) is 5.57. The summed E-state index contributed by atoms with van der Waals surface area (Å²) in [5, 5.41) is 0.820. The third kappa shape index (κ3) is 2.59. The van der Waals surface area contributed by atoms with Crippen LogP contribution in [0.15, 0.2) is 4.99 Å². The first-order valence-electron chi connectivity index (χ1n) is 6.59. The number of aliphatic imine (C=N–C) groups is 1. The van der Waals surface area contributed by atoms with Gasteiger partial charge in [0.15, 0.2) is 0 Å². The lowest BCUT2D eigenvalue weighted by Crippen LogP contribution is -2.24. The van der Waals surface area contributed by atoms with Crippen molar-refractivity contribution in [2.45, 2.75) is 56.2 Å². The van der Waals surface area contributed by atoms with E-state index in [1.165, 1.54) is 62.4 Å². The molecule has 0 radical (unpaired) electrons. The molecule has 90 valence electrons. The maximum atomic E-state index is 4.91. The highest BCUT2D eigenvalue weighted by atomic mass is 32.2. The molecule has 0 aromatic carbocycles. The van der Waals surface area contributed by atoms with Crippen LogP contribution in [0.5, 0.6) is 0 Å². The van der Waals surface area contributed by atoms with Crippen LogP contribution in [0, 0.1) is 0 Å². The zero-order chi connectivity index (χ0) is 10.8. The van der Waals surface area contributed by atoms with Crippen molar-refractivity contribution in [1.82, 2.24) is 4.31 Å². The second-order valence-corrected chi connectivity index (χ2v) is 7.56. The lowest BCUT2D eigenvalue weighted by molar-refractivity contribution is 0.383. The Morgan fingerprint density at radius 3 is 2.69 bits per heavy atom. The number of fused-ring (bicyclic) bond motifs is 1. The maximum absolute atomic E-state index is 4.91. The molecule has 2 heterocycles. The summed E-state index contributed by atoms with van der Waals surface area (Å²) < 4.78 is 3.88. The minimum absolute atomic E-state index is 0.658. The predicted octanol–water partition coefficient (Wildman–Crippen LogP) is 3.53. The first-order chi connectivity index (χ1) is 7.92. The van der Waals surface area contributed by atoms with Gasteiger partial charge in [0.1, 0.15) is 4.38 Å². The minimum atomic E-state index is 0.658. The van der Waals surface area contributed by atoms with Gasteiger partial charge in [0.2, 0.25) is 0 Å². The van der Waals surface area contributed by atoms with Gasteiger partial charge in [-0.25, -0.2) is 4.31 Å². The van der Waals surface area contributed by atoms with E-state index in [4.69, 9.17) is 4.99 Å². The van der Waals surface area contributed by atoms with Crippen molar-refractivity contribution in [2.24, 2.45) is 4.99 Å². The van der Waals surface area contributed by atoms with Gasteiger partial charge in [0.05, 0.1) is 6.04 Å². The predicted molar refractivity (Wildman–Crippen MR) is 74.1 cm³/mol. The summed E-state index contributed by atoms with van der Waals surface area (Å²) in [6, 6.07) is 0.658. The van der Waals surface area contributed by atoms with E-state index in [2.05, 4.69) is 16.1 Å². The molecule has 1 saturated heterocycles. The highest BCUT2D eigenvalue weighted by molar-refractivity contribution is 8.38. The van der Waals surface area contributed by atoms with Crippen LogP contribution in [-0.2, 0) is 0 Å². The van der Waals surface area contributed by atoms with Crippen molar-refractivity contribution in [3.63, 3.8) is 0 Å². The van der Waals surface area contributed by atoms with Gasteiger partial charge in [-0.15, -0.1) is 0 Å². The molecule has 0 aromatic heterocycles. The van der Waals surface area contributed by atoms with E-state index < -0.39 is 0 Å². The third-order valence-electron chi connectivity index (χ3n) is 3.71. The Kier molecular flexibility index (Phi) is 3.80. The lowest BCUT2D eigenvalue weighted by atomic mass is 9.96. The molecule has 0 aromatic rings. The van der Waals surface area contributed by atoms with Crippen LogP contribution in [0.4, 0.5) is 0 Å². The van der Waals surface area contributed by atoms with Gasteiger partial charge in [-0.1, -0.05) is 31.0 Å². The first kappa shape index (κ1) is 11.4. The molecule has 0 spiro atoms. The van der Waals surface area contributed by atoms with Gasteiger partial charge in [-0.2, -0.15) is 0 Å². The largest absolute Gasteiger partial charge is 0.266 e.